The lowest BCUT2D eigenvalue weighted by molar-refractivity contribution is 0.0595. The molecular weight excluding hydrogens is 356 g/mol. The Kier molecular flexibility index (Phi) is 4.53. The number of hydrogen-bond acceptors (Lipinski definition) is 4. The Bertz CT molecular complexity index is 1040. The molecule has 2 heterocycles. The Morgan fingerprint density at radius 2 is 1.75 bits per heavy atom. The van der Waals surface area contributed by atoms with Crippen molar-refractivity contribution < 1.29 is 18.8 Å². The number of amides is 3. The first kappa shape index (κ1) is 17.7. The van der Waals surface area contributed by atoms with E-state index in [2.05, 4.69) is 5.32 Å². The molecule has 0 saturated heterocycles. The average Bonchev–Trinajstić information content (AvgIpc) is 3.33. The van der Waals surface area contributed by atoms with Crippen molar-refractivity contribution in [1.82, 2.24) is 10.2 Å². The van der Waals surface area contributed by atoms with E-state index in [4.69, 9.17) is 4.42 Å². The van der Waals surface area contributed by atoms with E-state index in [1.807, 2.05) is 37.3 Å². The molecule has 1 aromatic heterocycles. The Balaban J connectivity index is 1.56. The second-order valence-electron chi connectivity index (χ2n) is 6.59. The van der Waals surface area contributed by atoms with Gasteiger partial charge in [-0.15, -0.1) is 0 Å². The Morgan fingerprint density at radius 3 is 2.46 bits per heavy atom. The van der Waals surface area contributed by atoms with Crippen molar-refractivity contribution in [3.8, 4) is 0 Å². The highest BCUT2D eigenvalue weighted by Crippen LogP contribution is 2.31. The molecule has 2 aromatic carbocycles. The summed E-state index contributed by atoms with van der Waals surface area (Å²) in [4.78, 5) is 39.3. The van der Waals surface area contributed by atoms with Crippen LogP contribution in [0, 0.1) is 0 Å². The SMILES string of the molecule is C[C@H](c1ccccc1)N1C(=O)c2ccc(C(=O)NCc3ccco3)cc2C1=O. The van der Waals surface area contributed by atoms with E-state index in [1.54, 1.807) is 18.2 Å². The van der Waals surface area contributed by atoms with Crippen molar-refractivity contribution in [2.24, 2.45) is 0 Å². The van der Waals surface area contributed by atoms with E-state index in [1.165, 1.54) is 23.3 Å². The first-order chi connectivity index (χ1) is 13.6. The second kappa shape index (κ2) is 7.15. The largest absolute Gasteiger partial charge is 0.467 e. The molecule has 28 heavy (non-hydrogen) atoms. The standard InChI is InChI=1S/C22H18N2O4/c1-14(15-6-3-2-4-7-15)24-21(26)18-10-9-16(12-19(18)22(24)27)20(25)23-13-17-8-5-11-28-17/h2-12,14H,13H2,1H3,(H,23,25)/t14-/m1/s1. The van der Waals surface area contributed by atoms with Crippen LogP contribution in [0.1, 0.15) is 55.4 Å². The van der Waals surface area contributed by atoms with Gasteiger partial charge in [0.05, 0.1) is 30.0 Å². The number of benzene rings is 2. The lowest BCUT2D eigenvalue weighted by atomic mass is 10.1. The van der Waals surface area contributed by atoms with E-state index in [0.717, 1.165) is 5.56 Å². The van der Waals surface area contributed by atoms with Crippen LogP contribution >= 0.6 is 0 Å². The molecule has 0 aliphatic carbocycles. The zero-order valence-corrected chi connectivity index (χ0v) is 15.2. The molecule has 0 saturated carbocycles. The highest BCUT2D eigenvalue weighted by Gasteiger charge is 2.39. The number of carbonyl (C=O) groups excluding carboxylic acids is 3. The molecule has 1 N–H and O–H groups in total. The van der Waals surface area contributed by atoms with Crippen LogP contribution in [0.4, 0.5) is 0 Å². The highest BCUT2D eigenvalue weighted by atomic mass is 16.3. The highest BCUT2D eigenvalue weighted by molar-refractivity contribution is 6.22. The summed E-state index contributed by atoms with van der Waals surface area (Å²) in [5, 5.41) is 2.74. The number of rotatable bonds is 5. The zero-order chi connectivity index (χ0) is 19.7. The topological polar surface area (TPSA) is 79.6 Å². The first-order valence-electron chi connectivity index (χ1n) is 8.93. The number of carbonyl (C=O) groups is 3. The van der Waals surface area contributed by atoms with Gasteiger partial charge in [0.15, 0.2) is 0 Å². The third kappa shape index (κ3) is 3.09. The summed E-state index contributed by atoms with van der Waals surface area (Å²) >= 11 is 0. The van der Waals surface area contributed by atoms with Crippen LogP contribution < -0.4 is 5.32 Å². The van der Waals surface area contributed by atoms with Crippen molar-refractivity contribution in [2.75, 3.05) is 0 Å². The lowest BCUT2D eigenvalue weighted by Gasteiger charge is -2.22. The molecule has 140 valence electrons. The number of nitrogens with one attached hydrogen (secondary N) is 1. The van der Waals surface area contributed by atoms with E-state index < -0.39 is 11.9 Å². The minimum Gasteiger partial charge on any atom is -0.467 e. The fourth-order valence-corrected chi connectivity index (χ4v) is 3.32. The van der Waals surface area contributed by atoms with Gasteiger partial charge in [0.1, 0.15) is 5.76 Å². The van der Waals surface area contributed by atoms with Crippen LogP contribution in [0.5, 0.6) is 0 Å². The van der Waals surface area contributed by atoms with Crippen LogP contribution in [-0.4, -0.2) is 22.6 Å². The molecule has 6 heteroatoms. The van der Waals surface area contributed by atoms with Gasteiger partial charge < -0.3 is 9.73 Å². The van der Waals surface area contributed by atoms with Gasteiger partial charge in [-0.1, -0.05) is 30.3 Å². The van der Waals surface area contributed by atoms with Crippen molar-refractivity contribution in [3.05, 3.63) is 94.9 Å². The first-order valence-corrected chi connectivity index (χ1v) is 8.93. The van der Waals surface area contributed by atoms with Crippen LogP contribution in [0.15, 0.2) is 71.3 Å². The van der Waals surface area contributed by atoms with Crippen LogP contribution in [-0.2, 0) is 6.54 Å². The van der Waals surface area contributed by atoms with E-state index >= 15 is 0 Å². The summed E-state index contributed by atoms with van der Waals surface area (Å²) in [5.41, 5.74) is 1.75. The number of furan rings is 1. The van der Waals surface area contributed by atoms with Gasteiger partial charge in [-0.25, -0.2) is 0 Å². The Labute approximate surface area is 161 Å². The molecule has 1 aliphatic heterocycles. The van der Waals surface area contributed by atoms with Gasteiger partial charge in [0.2, 0.25) is 0 Å². The smallest absolute Gasteiger partial charge is 0.262 e. The molecular formula is C22H18N2O4. The fourth-order valence-electron chi connectivity index (χ4n) is 3.32. The van der Waals surface area contributed by atoms with E-state index in [9.17, 15) is 14.4 Å². The quantitative estimate of drug-likeness (QED) is 0.693. The van der Waals surface area contributed by atoms with Gasteiger partial charge in [-0.3, -0.25) is 19.3 Å². The minimum absolute atomic E-state index is 0.243. The maximum atomic E-state index is 12.9. The predicted molar refractivity (Wildman–Crippen MR) is 102 cm³/mol. The van der Waals surface area contributed by atoms with Crippen LogP contribution in [0.25, 0.3) is 0 Å². The molecule has 3 amide bonds. The van der Waals surface area contributed by atoms with Crippen molar-refractivity contribution in [3.63, 3.8) is 0 Å². The number of nitrogens with zero attached hydrogens (tertiary/aromatic N) is 1. The number of fused-ring (bicyclic) bond motifs is 1. The molecule has 4 rings (SSSR count). The van der Waals surface area contributed by atoms with Gasteiger partial charge in [-0.05, 0) is 42.8 Å². The summed E-state index contributed by atoms with van der Waals surface area (Å²) in [6.07, 6.45) is 1.53. The molecule has 1 aliphatic rings. The van der Waals surface area contributed by atoms with Crippen LogP contribution in [0.2, 0.25) is 0 Å². The molecule has 6 nitrogen and oxygen atoms in total. The van der Waals surface area contributed by atoms with Crippen molar-refractivity contribution in [2.45, 2.75) is 19.5 Å². The molecule has 0 fully saturated rings. The predicted octanol–water partition coefficient (Wildman–Crippen LogP) is 3.57. The maximum absolute atomic E-state index is 12.9. The van der Waals surface area contributed by atoms with E-state index in [0.29, 0.717) is 16.9 Å². The minimum atomic E-state index is -0.398. The Hall–Kier alpha value is -3.67. The average molecular weight is 374 g/mol. The van der Waals surface area contributed by atoms with Gasteiger partial charge in [0.25, 0.3) is 17.7 Å². The summed E-state index contributed by atoms with van der Waals surface area (Å²) in [6, 6.07) is 17.0. The Morgan fingerprint density at radius 1 is 1.00 bits per heavy atom. The summed E-state index contributed by atoms with van der Waals surface area (Å²) in [5.74, 6) is -0.450. The summed E-state index contributed by atoms with van der Waals surface area (Å²) in [6.45, 7) is 2.06. The monoisotopic (exact) mass is 374 g/mol. The molecule has 0 bridgehead atoms. The normalized spacial score (nSPS) is 14.1. The summed E-state index contributed by atoms with van der Waals surface area (Å²) in [7, 11) is 0. The molecule has 0 unspecified atom stereocenters. The third-order valence-electron chi connectivity index (χ3n) is 4.85. The zero-order valence-electron chi connectivity index (χ0n) is 15.2. The van der Waals surface area contributed by atoms with Gasteiger partial charge in [0, 0.05) is 5.56 Å². The molecule has 0 spiro atoms. The molecule has 3 aromatic rings. The maximum Gasteiger partial charge on any atom is 0.262 e. The fraction of sp³-hybridized carbons (Fsp3) is 0.136. The number of imide groups is 1. The summed E-state index contributed by atoms with van der Waals surface area (Å²) < 4.78 is 5.19. The van der Waals surface area contributed by atoms with E-state index in [-0.39, 0.29) is 23.9 Å². The third-order valence-corrected chi connectivity index (χ3v) is 4.85. The van der Waals surface area contributed by atoms with Gasteiger partial charge in [-0.2, -0.15) is 0 Å². The van der Waals surface area contributed by atoms with Crippen molar-refractivity contribution >= 4 is 17.7 Å². The number of hydrogen-bond donors (Lipinski definition) is 1. The molecule has 1 atom stereocenters. The lowest BCUT2D eigenvalue weighted by Crippen LogP contribution is -2.32. The second-order valence-corrected chi connectivity index (χ2v) is 6.59. The molecule has 0 radical (unpaired) electrons. The van der Waals surface area contributed by atoms with Gasteiger partial charge >= 0.3 is 0 Å². The van der Waals surface area contributed by atoms with Crippen LogP contribution in [0.3, 0.4) is 0 Å². The van der Waals surface area contributed by atoms with Crippen molar-refractivity contribution in [1.29, 1.82) is 0 Å².